The normalized spacial score (nSPS) is 21.5. The van der Waals surface area contributed by atoms with E-state index in [4.69, 9.17) is 4.74 Å². The van der Waals surface area contributed by atoms with Crippen molar-refractivity contribution < 1.29 is 4.74 Å². The van der Waals surface area contributed by atoms with E-state index in [1.807, 2.05) is 0 Å². The van der Waals surface area contributed by atoms with Gasteiger partial charge in [0.1, 0.15) is 0 Å². The molecule has 1 aliphatic heterocycles. The fourth-order valence-corrected chi connectivity index (χ4v) is 2.97. The predicted octanol–water partition coefficient (Wildman–Crippen LogP) is 2.49. The zero-order valence-corrected chi connectivity index (χ0v) is 13.0. The summed E-state index contributed by atoms with van der Waals surface area (Å²) in [6, 6.07) is 11.9. The molecule has 3 heteroatoms. The third kappa shape index (κ3) is 4.30. The van der Waals surface area contributed by atoms with E-state index in [9.17, 15) is 0 Å². The van der Waals surface area contributed by atoms with Gasteiger partial charge in [-0.05, 0) is 24.4 Å². The largest absolute Gasteiger partial charge is 0.383 e. The van der Waals surface area contributed by atoms with E-state index in [2.05, 4.69) is 54.4 Å². The monoisotopic (exact) mass is 276 g/mol. The first-order chi connectivity index (χ1) is 9.70. The first-order valence-corrected chi connectivity index (χ1v) is 7.72. The lowest BCUT2D eigenvalue weighted by Gasteiger charge is -2.28. The maximum atomic E-state index is 5.41. The molecule has 112 valence electrons. The molecule has 0 aromatic heterocycles. The highest BCUT2D eigenvalue weighted by Gasteiger charge is 2.28. The van der Waals surface area contributed by atoms with Crippen LogP contribution in [0.4, 0.5) is 0 Å². The lowest BCUT2D eigenvalue weighted by Crippen LogP contribution is -2.45. The van der Waals surface area contributed by atoms with Gasteiger partial charge in [0.25, 0.3) is 0 Å². The van der Waals surface area contributed by atoms with Gasteiger partial charge in [-0.2, -0.15) is 0 Å². The summed E-state index contributed by atoms with van der Waals surface area (Å²) >= 11 is 0. The molecule has 2 unspecified atom stereocenters. The Morgan fingerprint density at radius 1 is 1.30 bits per heavy atom. The quantitative estimate of drug-likeness (QED) is 0.828. The first-order valence-electron chi connectivity index (χ1n) is 7.72. The summed E-state index contributed by atoms with van der Waals surface area (Å²) < 4.78 is 5.41. The molecule has 0 spiro atoms. The summed E-state index contributed by atoms with van der Waals surface area (Å²) in [6.45, 7) is 8.53. The van der Waals surface area contributed by atoms with Gasteiger partial charge in [0.05, 0.1) is 6.61 Å². The minimum atomic E-state index is 0.483. The van der Waals surface area contributed by atoms with Gasteiger partial charge in [0, 0.05) is 32.3 Å². The van der Waals surface area contributed by atoms with Crippen molar-refractivity contribution in [3.8, 4) is 0 Å². The van der Waals surface area contributed by atoms with E-state index < -0.39 is 0 Å². The molecule has 2 atom stereocenters. The van der Waals surface area contributed by atoms with E-state index in [0.717, 1.165) is 19.7 Å². The fraction of sp³-hybridized carbons (Fsp3) is 0.647. The molecule has 3 nitrogen and oxygen atoms in total. The van der Waals surface area contributed by atoms with Gasteiger partial charge < -0.3 is 10.1 Å². The molecular formula is C17H28N2O. The fourth-order valence-electron chi connectivity index (χ4n) is 2.97. The maximum Gasteiger partial charge on any atom is 0.0630 e. The van der Waals surface area contributed by atoms with Gasteiger partial charge in [-0.15, -0.1) is 0 Å². The minimum Gasteiger partial charge on any atom is -0.383 e. The van der Waals surface area contributed by atoms with E-state index >= 15 is 0 Å². The Bertz CT molecular complexity index is 380. The summed E-state index contributed by atoms with van der Waals surface area (Å²) in [5.74, 6) is 0.676. The first kappa shape index (κ1) is 15.5. The van der Waals surface area contributed by atoms with Gasteiger partial charge in [-0.3, -0.25) is 4.90 Å². The van der Waals surface area contributed by atoms with Crippen LogP contribution in [0.3, 0.4) is 0 Å². The Morgan fingerprint density at radius 2 is 2.05 bits per heavy atom. The van der Waals surface area contributed by atoms with Crippen LogP contribution in [0.25, 0.3) is 0 Å². The molecule has 0 bridgehead atoms. The van der Waals surface area contributed by atoms with Crippen LogP contribution in [-0.4, -0.2) is 50.3 Å². The average molecular weight is 276 g/mol. The summed E-state index contributed by atoms with van der Waals surface area (Å²) in [5.41, 5.74) is 1.47. The Hall–Kier alpha value is -0.900. The van der Waals surface area contributed by atoms with Crippen molar-refractivity contribution in [2.75, 3.05) is 33.4 Å². The lowest BCUT2D eigenvalue weighted by atomic mass is 9.99. The average Bonchev–Trinajstić information content (AvgIpc) is 2.94. The highest BCUT2D eigenvalue weighted by Crippen LogP contribution is 2.28. The Kier molecular flexibility index (Phi) is 6.02. The number of nitrogens with zero attached hydrogens (tertiary/aromatic N) is 1. The van der Waals surface area contributed by atoms with Crippen LogP contribution in [-0.2, 0) is 4.74 Å². The second-order valence-electron chi connectivity index (χ2n) is 6.06. The van der Waals surface area contributed by atoms with E-state index in [1.54, 1.807) is 7.11 Å². The van der Waals surface area contributed by atoms with Crippen molar-refractivity contribution in [3.63, 3.8) is 0 Å². The SMILES string of the molecule is COCC(CNC(C)C)N1CCC(c2ccccc2)C1. The second kappa shape index (κ2) is 7.77. The standard InChI is InChI=1S/C17H28N2O/c1-14(2)18-11-17(13-20-3)19-10-9-16(12-19)15-7-5-4-6-8-15/h4-8,14,16-18H,9-13H2,1-3H3. The topological polar surface area (TPSA) is 24.5 Å². The predicted molar refractivity (Wildman–Crippen MR) is 84.2 cm³/mol. The van der Waals surface area contributed by atoms with Crippen molar-refractivity contribution in [3.05, 3.63) is 35.9 Å². The molecule has 1 aromatic rings. The highest BCUT2D eigenvalue weighted by atomic mass is 16.5. The third-order valence-electron chi connectivity index (χ3n) is 4.13. The molecule has 1 aliphatic rings. The van der Waals surface area contributed by atoms with Crippen molar-refractivity contribution in [2.45, 2.75) is 38.3 Å². The molecular weight excluding hydrogens is 248 g/mol. The zero-order chi connectivity index (χ0) is 14.4. The zero-order valence-electron chi connectivity index (χ0n) is 13.0. The summed E-state index contributed by atoms with van der Waals surface area (Å²) in [6.07, 6.45) is 1.26. The third-order valence-corrected chi connectivity index (χ3v) is 4.13. The van der Waals surface area contributed by atoms with Crippen molar-refractivity contribution in [1.29, 1.82) is 0 Å². The van der Waals surface area contributed by atoms with Crippen LogP contribution in [0.5, 0.6) is 0 Å². The second-order valence-corrected chi connectivity index (χ2v) is 6.06. The number of hydrogen-bond donors (Lipinski definition) is 1. The van der Waals surface area contributed by atoms with Gasteiger partial charge in [0.15, 0.2) is 0 Å². The molecule has 0 saturated carbocycles. The Morgan fingerprint density at radius 3 is 2.70 bits per heavy atom. The molecule has 0 amide bonds. The summed E-state index contributed by atoms with van der Waals surface area (Å²) in [5, 5.41) is 3.54. The molecule has 2 rings (SSSR count). The van der Waals surface area contributed by atoms with Crippen LogP contribution >= 0.6 is 0 Å². The number of rotatable bonds is 7. The van der Waals surface area contributed by atoms with E-state index in [1.165, 1.54) is 18.5 Å². The van der Waals surface area contributed by atoms with Gasteiger partial charge in [0.2, 0.25) is 0 Å². The number of methoxy groups -OCH3 is 1. The van der Waals surface area contributed by atoms with E-state index in [-0.39, 0.29) is 0 Å². The molecule has 0 radical (unpaired) electrons. The van der Waals surface area contributed by atoms with Crippen LogP contribution in [0.1, 0.15) is 31.7 Å². The molecule has 1 N–H and O–H groups in total. The van der Waals surface area contributed by atoms with Gasteiger partial charge >= 0.3 is 0 Å². The molecule has 1 heterocycles. The molecule has 1 fully saturated rings. The summed E-state index contributed by atoms with van der Waals surface area (Å²) in [4.78, 5) is 2.58. The number of hydrogen-bond acceptors (Lipinski definition) is 3. The van der Waals surface area contributed by atoms with Crippen molar-refractivity contribution in [1.82, 2.24) is 10.2 Å². The summed E-state index contributed by atoms with van der Waals surface area (Å²) in [7, 11) is 1.80. The Balaban J connectivity index is 1.91. The highest BCUT2D eigenvalue weighted by molar-refractivity contribution is 5.21. The van der Waals surface area contributed by atoms with Crippen LogP contribution in [0, 0.1) is 0 Å². The van der Waals surface area contributed by atoms with Crippen molar-refractivity contribution >= 4 is 0 Å². The molecule has 20 heavy (non-hydrogen) atoms. The van der Waals surface area contributed by atoms with Crippen LogP contribution in [0.15, 0.2) is 30.3 Å². The lowest BCUT2D eigenvalue weighted by molar-refractivity contribution is 0.102. The van der Waals surface area contributed by atoms with Crippen molar-refractivity contribution in [2.24, 2.45) is 0 Å². The molecule has 1 aromatic carbocycles. The maximum absolute atomic E-state index is 5.41. The van der Waals surface area contributed by atoms with Crippen LogP contribution < -0.4 is 5.32 Å². The number of nitrogens with one attached hydrogen (secondary N) is 1. The number of benzene rings is 1. The molecule has 0 aliphatic carbocycles. The number of likely N-dealkylation sites (tertiary alicyclic amines) is 1. The minimum absolute atomic E-state index is 0.483. The Labute approximate surface area is 123 Å². The van der Waals surface area contributed by atoms with Gasteiger partial charge in [-0.25, -0.2) is 0 Å². The number of ether oxygens (including phenoxy) is 1. The molecule has 1 saturated heterocycles. The van der Waals surface area contributed by atoms with Crippen LogP contribution in [0.2, 0.25) is 0 Å². The van der Waals surface area contributed by atoms with E-state index in [0.29, 0.717) is 18.0 Å². The smallest absolute Gasteiger partial charge is 0.0630 e. The van der Waals surface area contributed by atoms with Gasteiger partial charge in [-0.1, -0.05) is 44.2 Å².